The molecule has 3 heteroatoms. The molecule has 0 amide bonds. The van der Waals surface area contributed by atoms with Crippen molar-refractivity contribution in [2.45, 2.75) is 20.4 Å². The summed E-state index contributed by atoms with van der Waals surface area (Å²) in [5.41, 5.74) is 4.73. The monoisotopic (exact) mass is 257 g/mol. The van der Waals surface area contributed by atoms with Gasteiger partial charge in [-0.05, 0) is 48.7 Å². The fourth-order valence-electron chi connectivity index (χ4n) is 1.97. The molecule has 0 aliphatic carbocycles. The highest BCUT2D eigenvalue weighted by atomic mass is 16.5. The molecule has 0 aliphatic rings. The van der Waals surface area contributed by atoms with Gasteiger partial charge in [0.25, 0.3) is 0 Å². The van der Waals surface area contributed by atoms with Crippen molar-refractivity contribution < 1.29 is 9.84 Å². The second-order valence-electron chi connectivity index (χ2n) is 4.61. The third-order valence-electron chi connectivity index (χ3n) is 3.33. The number of phenols is 1. The largest absolute Gasteiger partial charge is 0.504 e. The third-order valence-corrected chi connectivity index (χ3v) is 3.33. The Morgan fingerprint density at radius 2 is 1.95 bits per heavy atom. The van der Waals surface area contributed by atoms with Crippen LogP contribution in [0.3, 0.4) is 0 Å². The number of hydrogen-bond donors (Lipinski definition) is 2. The van der Waals surface area contributed by atoms with E-state index < -0.39 is 0 Å². The Morgan fingerprint density at radius 1 is 1.16 bits per heavy atom. The lowest BCUT2D eigenvalue weighted by molar-refractivity contribution is 0.373. The van der Waals surface area contributed by atoms with Gasteiger partial charge >= 0.3 is 0 Å². The zero-order valence-electron chi connectivity index (χ0n) is 11.5. The van der Waals surface area contributed by atoms with Crippen molar-refractivity contribution in [1.82, 2.24) is 0 Å². The van der Waals surface area contributed by atoms with Crippen LogP contribution in [0.5, 0.6) is 11.5 Å². The molecule has 0 atom stereocenters. The van der Waals surface area contributed by atoms with E-state index in [0.29, 0.717) is 12.3 Å². The van der Waals surface area contributed by atoms with Crippen LogP contribution in [-0.4, -0.2) is 12.2 Å². The van der Waals surface area contributed by atoms with Gasteiger partial charge in [-0.1, -0.05) is 18.2 Å². The second kappa shape index (κ2) is 5.65. The maximum atomic E-state index is 9.56. The van der Waals surface area contributed by atoms with Crippen LogP contribution in [0, 0.1) is 13.8 Å². The Balaban J connectivity index is 2.12. The molecular weight excluding hydrogens is 238 g/mol. The summed E-state index contributed by atoms with van der Waals surface area (Å²) in [5.74, 6) is 0.665. The minimum Gasteiger partial charge on any atom is -0.504 e. The quantitative estimate of drug-likeness (QED) is 0.878. The molecule has 0 radical (unpaired) electrons. The normalized spacial score (nSPS) is 10.3. The average Bonchev–Trinajstić information content (AvgIpc) is 2.42. The number of aromatic hydroxyl groups is 1. The second-order valence-corrected chi connectivity index (χ2v) is 4.61. The first-order chi connectivity index (χ1) is 9.11. The highest BCUT2D eigenvalue weighted by Gasteiger charge is 2.04. The van der Waals surface area contributed by atoms with Crippen LogP contribution in [0.25, 0.3) is 0 Å². The summed E-state index contributed by atoms with van der Waals surface area (Å²) >= 11 is 0. The maximum Gasteiger partial charge on any atom is 0.160 e. The highest BCUT2D eigenvalue weighted by molar-refractivity contribution is 5.54. The van der Waals surface area contributed by atoms with Crippen molar-refractivity contribution in [3.63, 3.8) is 0 Å². The number of anilines is 1. The van der Waals surface area contributed by atoms with Crippen molar-refractivity contribution in [3.05, 3.63) is 53.1 Å². The highest BCUT2D eigenvalue weighted by Crippen LogP contribution is 2.27. The summed E-state index contributed by atoms with van der Waals surface area (Å²) in [6.07, 6.45) is 0. The Bertz CT molecular complexity index is 579. The van der Waals surface area contributed by atoms with Crippen LogP contribution in [0.1, 0.15) is 16.7 Å². The SMILES string of the molecule is COc1cc(CNc2cccc(C)c2C)ccc1O. The number of methoxy groups -OCH3 is 1. The Hall–Kier alpha value is -2.16. The summed E-state index contributed by atoms with van der Waals surface area (Å²) in [6.45, 7) is 4.90. The molecule has 0 saturated heterocycles. The number of benzene rings is 2. The molecule has 0 fully saturated rings. The topological polar surface area (TPSA) is 41.5 Å². The van der Waals surface area contributed by atoms with Gasteiger partial charge in [0.15, 0.2) is 11.5 Å². The van der Waals surface area contributed by atoms with Gasteiger partial charge in [-0.3, -0.25) is 0 Å². The summed E-state index contributed by atoms with van der Waals surface area (Å²) in [6, 6.07) is 11.6. The van der Waals surface area contributed by atoms with E-state index in [1.54, 1.807) is 13.2 Å². The van der Waals surface area contributed by atoms with Gasteiger partial charge in [0.05, 0.1) is 7.11 Å². The van der Waals surface area contributed by atoms with Gasteiger partial charge in [-0.2, -0.15) is 0 Å². The number of rotatable bonds is 4. The molecule has 19 heavy (non-hydrogen) atoms. The van der Waals surface area contributed by atoms with Gasteiger partial charge < -0.3 is 15.2 Å². The van der Waals surface area contributed by atoms with E-state index in [1.807, 2.05) is 18.2 Å². The van der Waals surface area contributed by atoms with Gasteiger partial charge in [-0.25, -0.2) is 0 Å². The number of ether oxygens (including phenoxy) is 1. The summed E-state index contributed by atoms with van der Waals surface area (Å²) in [4.78, 5) is 0. The van der Waals surface area contributed by atoms with Crippen LogP contribution < -0.4 is 10.1 Å². The molecule has 2 rings (SSSR count). The van der Waals surface area contributed by atoms with E-state index in [2.05, 4.69) is 31.3 Å². The fraction of sp³-hybridized carbons (Fsp3) is 0.250. The van der Waals surface area contributed by atoms with Crippen molar-refractivity contribution in [2.24, 2.45) is 0 Å². The average molecular weight is 257 g/mol. The lowest BCUT2D eigenvalue weighted by atomic mass is 10.1. The van der Waals surface area contributed by atoms with Crippen LogP contribution in [0.2, 0.25) is 0 Å². The first-order valence-electron chi connectivity index (χ1n) is 6.28. The first kappa shape index (κ1) is 13.3. The van der Waals surface area contributed by atoms with E-state index in [-0.39, 0.29) is 5.75 Å². The molecule has 0 aromatic heterocycles. The Labute approximate surface area is 113 Å². The number of phenolic OH excluding ortho intramolecular Hbond substituents is 1. The van der Waals surface area contributed by atoms with Crippen molar-refractivity contribution in [3.8, 4) is 11.5 Å². The molecular formula is C16H19NO2. The molecule has 3 nitrogen and oxygen atoms in total. The van der Waals surface area contributed by atoms with E-state index in [1.165, 1.54) is 11.1 Å². The zero-order chi connectivity index (χ0) is 13.8. The van der Waals surface area contributed by atoms with Crippen molar-refractivity contribution in [2.75, 3.05) is 12.4 Å². The van der Waals surface area contributed by atoms with E-state index in [4.69, 9.17) is 4.74 Å². The summed E-state index contributed by atoms with van der Waals surface area (Å²) in [5, 5.41) is 13.0. The predicted molar refractivity (Wildman–Crippen MR) is 77.9 cm³/mol. The molecule has 0 spiro atoms. The lowest BCUT2D eigenvalue weighted by Gasteiger charge is -2.12. The molecule has 0 aliphatic heterocycles. The Morgan fingerprint density at radius 3 is 2.68 bits per heavy atom. The van der Waals surface area contributed by atoms with Crippen molar-refractivity contribution >= 4 is 5.69 Å². The van der Waals surface area contributed by atoms with Gasteiger partial charge in [0.1, 0.15) is 0 Å². The first-order valence-corrected chi connectivity index (χ1v) is 6.28. The molecule has 100 valence electrons. The summed E-state index contributed by atoms with van der Waals surface area (Å²) in [7, 11) is 1.55. The zero-order valence-corrected chi connectivity index (χ0v) is 11.5. The molecule has 2 N–H and O–H groups in total. The van der Waals surface area contributed by atoms with E-state index in [0.717, 1.165) is 11.3 Å². The lowest BCUT2D eigenvalue weighted by Crippen LogP contribution is -2.02. The fourth-order valence-corrected chi connectivity index (χ4v) is 1.97. The number of aryl methyl sites for hydroxylation is 1. The van der Waals surface area contributed by atoms with Gasteiger partial charge in [-0.15, -0.1) is 0 Å². The smallest absolute Gasteiger partial charge is 0.160 e. The van der Waals surface area contributed by atoms with Crippen molar-refractivity contribution in [1.29, 1.82) is 0 Å². The van der Waals surface area contributed by atoms with E-state index >= 15 is 0 Å². The molecule has 0 unspecified atom stereocenters. The van der Waals surface area contributed by atoms with Crippen LogP contribution >= 0.6 is 0 Å². The van der Waals surface area contributed by atoms with Crippen LogP contribution in [0.4, 0.5) is 5.69 Å². The molecule has 2 aromatic carbocycles. The molecule has 0 heterocycles. The number of nitrogens with one attached hydrogen (secondary N) is 1. The van der Waals surface area contributed by atoms with Crippen LogP contribution in [-0.2, 0) is 6.54 Å². The predicted octanol–water partition coefficient (Wildman–Crippen LogP) is 3.63. The number of hydrogen-bond acceptors (Lipinski definition) is 3. The molecule has 0 bridgehead atoms. The minimum atomic E-state index is 0.165. The van der Waals surface area contributed by atoms with Gasteiger partial charge in [0, 0.05) is 12.2 Å². The minimum absolute atomic E-state index is 0.165. The molecule has 0 saturated carbocycles. The molecule has 2 aromatic rings. The third kappa shape index (κ3) is 2.99. The van der Waals surface area contributed by atoms with E-state index in [9.17, 15) is 5.11 Å². The Kier molecular flexibility index (Phi) is 3.95. The van der Waals surface area contributed by atoms with Gasteiger partial charge in [0.2, 0.25) is 0 Å². The standard InChI is InChI=1S/C16H19NO2/c1-11-5-4-6-14(12(11)2)17-10-13-7-8-15(18)16(9-13)19-3/h4-9,17-18H,10H2,1-3H3. The maximum absolute atomic E-state index is 9.56. The summed E-state index contributed by atoms with van der Waals surface area (Å²) < 4.78 is 5.10. The van der Waals surface area contributed by atoms with Crippen LogP contribution in [0.15, 0.2) is 36.4 Å².